The normalized spacial score (nSPS) is 13.1. The maximum absolute atomic E-state index is 11.8. The summed E-state index contributed by atoms with van der Waals surface area (Å²) in [6.07, 6.45) is 7.72. The average molecular weight is 370 g/mol. The van der Waals surface area contributed by atoms with Gasteiger partial charge in [0.15, 0.2) is 0 Å². The number of hydrogen-bond acceptors (Lipinski definition) is 3. The molecule has 0 saturated carbocycles. The Morgan fingerprint density at radius 1 is 1.39 bits per heavy atom. The van der Waals surface area contributed by atoms with Crippen LogP contribution in [0.4, 0.5) is 5.82 Å². The van der Waals surface area contributed by atoms with E-state index in [1.54, 1.807) is 12.3 Å². The van der Waals surface area contributed by atoms with Gasteiger partial charge in [0.2, 0.25) is 0 Å². The highest BCUT2D eigenvalue weighted by Gasteiger charge is 2.19. The molecule has 0 aliphatic carbocycles. The van der Waals surface area contributed by atoms with Crippen molar-refractivity contribution in [2.24, 2.45) is 0 Å². The van der Waals surface area contributed by atoms with E-state index in [4.69, 9.17) is 6.42 Å². The number of anilines is 1. The van der Waals surface area contributed by atoms with Crippen molar-refractivity contribution in [2.75, 3.05) is 18.0 Å². The number of pyridine rings is 1. The molecule has 116 valence electrons. The van der Waals surface area contributed by atoms with Crippen LogP contribution in [0.5, 0.6) is 0 Å². The fourth-order valence-electron chi connectivity index (χ4n) is 2.68. The van der Waals surface area contributed by atoms with Crippen molar-refractivity contribution in [3.8, 4) is 12.3 Å². The Labute approximate surface area is 144 Å². The monoisotopic (exact) mass is 369 g/mol. The van der Waals surface area contributed by atoms with E-state index in [1.807, 2.05) is 6.07 Å². The van der Waals surface area contributed by atoms with Gasteiger partial charge < -0.3 is 10.2 Å². The summed E-state index contributed by atoms with van der Waals surface area (Å²) >= 11 is 3.62. The fraction of sp³-hybridized carbons (Fsp3) is 0.222. The molecule has 1 aliphatic heterocycles. The molecular weight excluding hydrogens is 354 g/mol. The van der Waals surface area contributed by atoms with Crippen LogP contribution in [0.25, 0.3) is 0 Å². The summed E-state index contributed by atoms with van der Waals surface area (Å²) in [5, 5.41) is 2.63. The SMILES string of the molecule is C#CCNC(=O)c1ccc(N2CCc3cccc(Br)c3C2)nc1. The van der Waals surface area contributed by atoms with E-state index < -0.39 is 0 Å². The van der Waals surface area contributed by atoms with Gasteiger partial charge in [-0.25, -0.2) is 4.98 Å². The molecule has 0 unspecified atom stereocenters. The number of benzene rings is 1. The molecule has 0 fully saturated rings. The van der Waals surface area contributed by atoms with Crippen molar-refractivity contribution >= 4 is 27.7 Å². The summed E-state index contributed by atoms with van der Waals surface area (Å²) in [5.41, 5.74) is 3.19. The number of terminal acetylenes is 1. The highest BCUT2D eigenvalue weighted by molar-refractivity contribution is 9.10. The van der Waals surface area contributed by atoms with Gasteiger partial charge in [0.05, 0.1) is 12.1 Å². The van der Waals surface area contributed by atoms with Crippen molar-refractivity contribution in [3.63, 3.8) is 0 Å². The molecule has 1 amide bonds. The van der Waals surface area contributed by atoms with Gasteiger partial charge in [0, 0.05) is 23.8 Å². The van der Waals surface area contributed by atoms with E-state index in [0.717, 1.165) is 29.8 Å². The second-order valence-electron chi connectivity index (χ2n) is 5.34. The Morgan fingerprint density at radius 2 is 2.26 bits per heavy atom. The fourth-order valence-corrected chi connectivity index (χ4v) is 3.21. The molecule has 23 heavy (non-hydrogen) atoms. The lowest BCUT2D eigenvalue weighted by molar-refractivity contribution is 0.0958. The van der Waals surface area contributed by atoms with Crippen LogP contribution in [0.2, 0.25) is 0 Å². The number of hydrogen-bond donors (Lipinski definition) is 1. The number of amides is 1. The summed E-state index contributed by atoms with van der Waals surface area (Å²) in [6.45, 7) is 1.95. The molecule has 4 nitrogen and oxygen atoms in total. The molecule has 0 spiro atoms. The Hall–Kier alpha value is -2.32. The van der Waals surface area contributed by atoms with Gasteiger partial charge in [-0.15, -0.1) is 6.42 Å². The highest BCUT2D eigenvalue weighted by Crippen LogP contribution is 2.28. The van der Waals surface area contributed by atoms with E-state index in [1.165, 1.54) is 11.1 Å². The summed E-state index contributed by atoms with van der Waals surface area (Å²) in [7, 11) is 0. The van der Waals surface area contributed by atoms with Gasteiger partial charge in [-0.3, -0.25) is 4.79 Å². The Morgan fingerprint density at radius 3 is 3.00 bits per heavy atom. The van der Waals surface area contributed by atoms with Gasteiger partial charge in [0.25, 0.3) is 5.91 Å². The molecule has 1 aliphatic rings. The third-order valence-corrected chi connectivity index (χ3v) is 4.64. The summed E-state index contributed by atoms with van der Waals surface area (Å²) in [5.74, 6) is 3.06. The average Bonchev–Trinajstić information content (AvgIpc) is 2.60. The topological polar surface area (TPSA) is 45.2 Å². The van der Waals surface area contributed by atoms with Crippen molar-refractivity contribution in [2.45, 2.75) is 13.0 Å². The van der Waals surface area contributed by atoms with E-state index >= 15 is 0 Å². The minimum atomic E-state index is -0.200. The zero-order valence-electron chi connectivity index (χ0n) is 12.6. The van der Waals surface area contributed by atoms with E-state index in [-0.39, 0.29) is 12.5 Å². The minimum Gasteiger partial charge on any atom is -0.352 e. The standard InChI is InChI=1S/C18H16BrN3O/c1-2-9-20-18(23)14-6-7-17(21-11-14)22-10-8-13-4-3-5-16(19)15(13)12-22/h1,3-7,11H,8-10,12H2,(H,20,23). The molecule has 1 aromatic heterocycles. The largest absolute Gasteiger partial charge is 0.352 e. The number of aromatic nitrogens is 1. The Balaban J connectivity index is 1.75. The smallest absolute Gasteiger partial charge is 0.253 e. The maximum Gasteiger partial charge on any atom is 0.253 e. The van der Waals surface area contributed by atoms with Crippen molar-refractivity contribution in [1.29, 1.82) is 0 Å². The van der Waals surface area contributed by atoms with Crippen molar-refractivity contribution in [1.82, 2.24) is 10.3 Å². The van der Waals surface area contributed by atoms with Gasteiger partial charge in [0.1, 0.15) is 5.82 Å². The van der Waals surface area contributed by atoms with E-state index in [9.17, 15) is 4.79 Å². The van der Waals surface area contributed by atoms with Crippen molar-refractivity contribution in [3.05, 3.63) is 57.7 Å². The van der Waals surface area contributed by atoms with Crippen LogP contribution in [0.15, 0.2) is 41.0 Å². The molecule has 0 atom stereocenters. The lowest BCUT2D eigenvalue weighted by atomic mass is 10.00. The first-order valence-corrected chi connectivity index (χ1v) is 8.17. The molecule has 3 rings (SSSR count). The quantitative estimate of drug-likeness (QED) is 0.846. The molecule has 5 heteroatoms. The molecular formula is C18H16BrN3O. The second kappa shape index (κ2) is 6.84. The zero-order chi connectivity index (χ0) is 16.2. The summed E-state index contributed by atoms with van der Waals surface area (Å²) < 4.78 is 1.13. The number of carbonyl (C=O) groups is 1. The Bertz CT molecular complexity index is 765. The third-order valence-electron chi connectivity index (χ3n) is 3.90. The lowest BCUT2D eigenvalue weighted by Crippen LogP contribution is -2.31. The zero-order valence-corrected chi connectivity index (χ0v) is 14.1. The van der Waals surface area contributed by atoms with E-state index in [2.05, 4.69) is 55.3 Å². The second-order valence-corrected chi connectivity index (χ2v) is 6.20. The number of nitrogens with one attached hydrogen (secondary N) is 1. The number of halogens is 1. The minimum absolute atomic E-state index is 0.200. The van der Waals surface area contributed by atoms with Gasteiger partial charge >= 0.3 is 0 Å². The number of carbonyl (C=O) groups excluding carboxylic acids is 1. The summed E-state index contributed by atoms with van der Waals surface area (Å²) in [6, 6.07) is 9.97. The predicted octanol–water partition coefficient (Wildman–Crippen LogP) is 2.77. The molecule has 1 aromatic carbocycles. The lowest BCUT2D eigenvalue weighted by Gasteiger charge is -2.30. The van der Waals surface area contributed by atoms with Gasteiger partial charge in [-0.05, 0) is 35.7 Å². The number of nitrogens with zero attached hydrogens (tertiary/aromatic N) is 2. The number of fused-ring (bicyclic) bond motifs is 1. The molecule has 2 heterocycles. The first kappa shape index (κ1) is 15.6. The predicted molar refractivity (Wildman–Crippen MR) is 94.3 cm³/mol. The van der Waals surface area contributed by atoms with Crippen LogP contribution >= 0.6 is 15.9 Å². The summed E-state index contributed by atoms with van der Waals surface area (Å²) in [4.78, 5) is 18.5. The van der Waals surface area contributed by atoms with Gasteiger partial charge in [-0.2, -0.15) is 0 Å². The van der Waals surface area contributed by atoms with Crippen LogP contribution in [-0.4, -0.2) is 24.0 Å². The molecule has 0 saturated heterocycles. The number of rotatable bonds is 3. The first-order valence-electron chi connectivity index (χ1n) is 7.38. The maximum atomic E-state index is 11.8. The van der Waals surface area contributed by atoms with Crippen LogP contribution in [0.1, 0.15) is 21.5 Å². The van der Waals surface area contributed by atoms with Crippen LogP contribution in [-0.2, 0) is 13.0 Å². The van der Waals surface area contributed by atoms with E-state index in [0.29, 0.717) is 5.56 Å². The molecule has 0 bridgehead atoms. The van der Waals surface area contributed by atoms with Gasteiger partial charge in [-0.1, -0.05) is 34.0 Å². The first-order chi connectivity index (χ1) is 11.2. The van der Waals surface area contributed by atoms with Crippen LogP contribution in [0.3, 0.4) is 0 Å². The van der Waals surface area contributed by atoms with Crippen molar-refractivity contribution < 1.29 is 4.79 Å². The molecule has 0 radical (unpaired) electrons. The van der Waals surface area contributed by atoms with Crippen LogP contribution in [0, 0.1) is 12.3 Å². The molecule has 1 N–H and O–H groups in total. The third kappa shape index (κ3) is 3.38. The van der Waals surface area contributed by atoms with Crippen LogP contribution < -0.4 is 10.2 Å². The Kier molecular flexibility index (Phi) is 4.63. The molecule has 2 aromatic rings. The highest BCUT2D eigenvalue weighted by atomic mass is 79.9.